The highest BCUT2D eigenvalue weighted by Crippen LogP contribution is 2.33. The van der Waals surface area contributed by atoms with Gasteiger partial charge in [-0.15, -0.1) is 0 Å². The van der Waals surface area contributed by atoms with Gasteiger partial charge >= 0.3 is 12.1 Å². The van der Waals surface area contributed by atoms with Gasteiger partial charge in [-0.2, -0.15) is 13.2 Å². The Kier molecular flexibility index (Phi) is 4.72. The van der Waals surface area contributed by atoms with E-state index in [0.29, 0.717) is 18.8 Å². The molecule has 0 amide bonds. The topological polar surface area (TPSA) is 58.6 Å². The molecule has 116 valence electrons. The molecule has 2 rings (SSSR count). The molecule has 2 N–H and O–H groups in total. The monoisotopic (exact) mass is 303 g/mol. The largest absolute Gasteiger partial charge is 0.478 e. The first-order valence-electron chi connectivity index (χ1n) is 6.68. The number of carboxylic acid groups (broad SMARTS) is 1. The van der Waals surface area contributed by atoms with Gasteiger partial charge in [0.15, 0.2) is 0 Å². The highest BCUT2D eigenvalue weighted by molar-refractivity contribution is 5.91. The van der Waals surface area contributed by atoms with Crippen molar-refractivity contribution in [3.05, 3.63) is 29.3 Å². The van der Waals surface area contributed by atoms with E-state index in [1.165, 1.54) is 6.07 Å². The second kappa shape index (κ2) is 6.34. The Morgan fingerprint density at radius 1 is 1.38 bits per heavy atom. The lowest BCUT2D eigenvalue weighted by molar-refractivity contribution is -0.138. The number of carboxylic acids is 1. The summed E-state index contributed by atoms with van der Waals surface area (Å²) in [6.07, 6.45) is -1.72. The summed E-state index contributed by atoms with van der Waals surface area (Å²) < 4.78 is 43.6. The number of alkyl halides is 3. The van der Waals surface area contributed by atoms with Gasteiger partial charge in [0.2, 0.25) is 0 Å². The van der Waals surface area contributed by atoms with E-state index < -0.39 is 23.3 Å². The normalized spacial score (nSPS) is 19.3. The van der Waals surface area contributed by atoms with Crippen molar-refractivity contribution in [2.24, 2.45) is 0 Å². The van der Waals surface area contributed by atoms with Gasteiger partial charge in [-0.3, -0.25) is 0 Å². The first-order chi connectivity index (χ1) is 9.88. The van der Waals surface area contributed by atoms with Crippen LogP contribution in [0.5, 0.6) is 0 Å². The Balaban J connectivity index is 2.10. The van der Waals surface area contributed by atoms with Gasteiger partial charge in [-0.05, 0) is 37.5 Å². The Bertz CT molecular complexity index is 511. The van der Waals surface area contributed by atoms with Crippen molar-refractivity contribution in [2.45, 2.75) is 31.5 Å². The first kappa shape index (κ1) is 15.6. The van der Waals surface area contributed by atoms with E-state index in [4.69, 9.17) is 9.84 Å². The quantitative estimate of drug-likeness (QED) is 0.895. The lowest BCUT2D eigenvalue weighted by Gasteiger charge is -2.23. The maximum absolute atomic E-state index is 12.7. The predicted octanol–water partition coefficient (Wildman–Crippen LogP) is 3.38. The molecule has 1 aliphatic heterocycles. The highest BCUT2D eigenvalue weighted by atomic mass is 19.4. The van der Waals surface area contributed by atoms with Crippen molar-refractivity contribution < 1.29 is 27.8 Å². The lowest BCUT2D eigenvalue weighted by atomic mass is 10.1. The van der Waals surface area contributed by atoms with Crippen LogP contribution in [0.3, 0.4) is 0 Å². The molecule has 0 spiro atoms. The molecule has 1 aromatic carbocycles. The van der Waals surface area contributed by atoms with E-state index in [1.54, 1.807) is 0 Å². The molecule has 7 heteroatoms. The van der Waals surface area contributed by atoms with Crippen molar-refractivity contribution in [1.29, 1.82) is 0 Å². The number of nitrogens with one attached hydrogen (secondary N) is 1. The Labute approximate surface area is 119 Å². The zero-order valence-electron chi connectivity index (χ0n) is 11.2. The summed E-state index contributed by atoms with van der Waals surface area (Å²) in [6.45, 7) is 1.13. The molecule has 1 aliphatic rings. The molecular formula is C14H16F3NO3. The molecule has 0 bridgehead atoms. The first-order valence-corrected chi connectivity index (χ1v) is 6.68. The number of halogens is 3. The molecule has 0 aliphatic carbocycles. The number of ether oxygens (including phenoxy) is 1. The molecule has 0 radical (unpaired) electrons. The van der Waals surface area contributed by atoms with Gasteiger partial charge in [0.1, 0.15) is 0 Å². The van der Waals surface area contributed by atoms with Gasteiger partial charge in [0.25, 0.3) is 0 Å². The Morgan fingerprint density at radius 3 is 2.71 bits per heavy atom. The second-order valence-corrected chi connectivity index (χ2v) is 4.93. The molecule has 21 heavy (non-hydrogen) atoms. The van der Waals surface area contributed by atoms with Crippen molar-refractivity contribution >= 4 is 11.7 Å². The van der Waals surface area contributed by atoms with E-state index >= 15 is 0 Å². The van der Waals surface area contributed by atoms with Crippen molar-refractivity contribution in [3.8, 4) is 0 Å². The molecule has 1 aromatic rings. The SMILES string of the molecule is O=C(O)c1cc(NCC2CCCCO2)ccc1C(F)(F)F. The molecule has 1 saturated heterocycles. The fraction of sp³-hybridized carbons (Fsp3) is 0.500. The molecule has 1 heterocycles. The highest BCUT2D eigenvalue weighted by Gasteiger charge is 2.35. The van der Waals surface area contributed by atoms with Gasteiger partial charge in [0.05, 0.1) is 17.2 Å². The zero-order chi connectivity index (χ0) is 15.5. The summed E-state index contributed by atoms with van der Waals surface area (Å²) in [5.74, 6) is -1.60. The Hall–Kier alpha value is -1.76. The maximum Gasteiger partial charge on any atom is 0.417 e. The van der Waals surface area contributed by atoms with E-state index in [1.807, 2.05) is 0 Å². The minimum atomic E-state index is -4.68. The van der Waals surface area contributed by atoms with Crippen LogP contribution >= 0.6 is 0 Å². The van der Waals surface area contributed by atoms with E-state index in [0.717, 1.165) is 31.4 Å². The number of hydrogen-bond donors (Lipinski definition) is 2. The van der Waals surface area contributed by atoms with Crippen molar-refractivity contribution in [2.75, 3.05) is 18.5 Å². The van der Waals surface area contributed by atoms with E-state index in [-0.39, 0.29) is 6.10 Å². The number of rotatable bonds is 4. The average Bonchev–Trinajstić information content (AvgIpc) is 2.45. The summed E-state index contributed by atoms with van der Waals surface area (Å²) in [7, 11) is 0. The third kappa shape index (κ3) is 4.10. The maximum atomic E-state index is 12.7. The minimum Gasteiger partial charge on any atom is -0.478 e. The number of benzene rings is 1. The van der Waals surface area contributed by atoms with Crippen LogP contribution in [0, 0.1) is 0 Å². The van der Waals surface area contributed by atoms with Crippen LogP contribution < -0.4 is 5.32 Å². The van der Waals surface area contributed by atoms with Crippen LogP contribution in [0.25, 0.3) is 0 Å². The number of aromatic carboxylic acids is 1. The van der Waals surface area contributed by atoms with Crippen LogP contribution in [-0.4, -0.2) is 30.3 Å². The molecular weight excluding hydrogens is 287 g/mol. The summed E-state index contributed by atoms with van der Waals surface area (Å²) in [5.41, 5.74) is -1.55. The van der Waals surface area contributed by atoms with Crippen molar-refractivity contribution in [3.63, 3.8) is 0 Å². The van der Waals surface area contributed by atoms with Crippen LogP contribution in [0.15, 0.2) is 18.2 Å². The van der Waals surface area contributed by atoms with E-state index in [9.17, 15) is 18.0 Å². The lowest BCUT2D eigenvalue weighted by Crippen LogP contribution is -2.27. The van der Waals surface area contributed by atoms with Gasteiger partial charge in [-0.25, -0.2) is 4.79 Å². The fourth-order valence-corrected chi connectivity index (χ4v) is 2.28. The molecule has 1 unspecified atom stereocenters. The average molecular weight is 303 g/mol. The minimum absolute atomic E-state index is 0.00863. The standard InChI is InChI=1S/C14H16F3NO3/c15-14(16,17)12-5-4-9(7-11(12)13(19)20)18-8-10-3-1-2-6-21-10/h4-5,7,10,18H,1-3,6,8H2,(H,19,20). The number of hydrogen-bond acceptors (Lipinski definition) is 3. The van der Waals surface area contributed by atoms with Crippen LogP contribution in [-0.2, 0) is 10.9 Å². The van der Waals surface area contributed by atoms with Gasteiger partial charge in [-0.1, -0.05) is 0 Å². The second-order valence-electron chi connectivity index (χ2n) is 4.93. The molecule has 0 saturated carbocycles. The van der Waals surface area contributed by atoms with Crippen LogP contribution in [0.4, 0.5) is 18.9 Å². The van der Waals surface area contributed by atoms with Crippen molar-refractivity contribution in [1.82, 2.24) is 0 Å². The third-order valence-corrected chi connectivity index (χ3v) is 3.36. The zero-order valence-corrected chi connectivity index (χ0v) is 11.2. The fourth-order valence-electron chi connectivity index (χ4n) is 2.28. The van der Waals surface area contributed by atoms with Gasteiger partial charge in [0, 0.05) is 18.8 Å². The number of carbonyl (C=O) groups is 1. The summed E-state index contributed by atoms with van der Waals surface area (Å²) >= 11 is 0. The Morgan fingerprint density at radius 2 is 2.14 bits per heavy atom. The summed E-state index contributed by atoms with van der Waals surface area (Å²) in [6, 6.07) is 3.03. The van der Waals surface area contributed by atoms with Gasteiger partial charge < -0.3 is 15.2 Å². The summed E-state index contributed by atoms with van der Waals surface area (Å²) in [4.78, 5) is 11.0. The van der Waals surface area contributed by atoms with Crippen LogP contribution in [0.2, 0.25) is 0 Å². The predicted molar refractivity (Wildman–Crippen MR) is 70.5 cm³/mol. The molecule has 1 fully saturated rings. The molecule has 0 aromatic heterocycles. The summed E-state index contributed by atoms with van der Waals surface area (Å²) in [5, 5.41) is 11.9. The van der Waals surface area contributed by atoms with Crippen LogP contribution in [0.1, 0.15) is 35.2 Å². The third-order valence-electron chi connectivity index (χ3n) is 3.36. The van der Waals surface area contributed by atoms with E-state index in [2.05, 4.69) is 5.32 Å². The smallest absolute Gasteiger partial charge is 0.417 e. The number of anilines is 1. The molecule has 1 atom stereocenters. The molecule has 4 nitrogen and oxygen atoms in total.